The summed E-state index contributed by atoms with van der Waals surface area (Å²) in [6, 6.07) is 0. The topological polar surface area (TPSA) is 18.5 Å². The summed E-state index contributed by atoms with van der Waals surface area (Å²) in [5.41, 5.74) is 0. The lowest BCUT2D eigenvalue weighted by molar-refractivity contribution is -0.911. The molecule has 0 bridgehead atoms. The average Bonchev–Trinajstić information content (AvgIpc) is 3.06. The highest BCUT2D eigenvalue weighted by Gasteiger charge is 2.46. The first-order chi connectivity index (χ1) is 23.1. The number of halogens is 2. The van der Waals surface area contributed by atoms with Gasteiger partial charge in [0.15, 0.2) is 22.1 Å². The molecule has 0 rings (SSSR count). The van der Waals surface area contributed by atoms with E-state index in [1.165, 1.54) is 180 Å². The van der Waals surface area contributed by atoms with Crippen molar-refractivity contribution in [2.75, 3.05) is 55.5 Å². The molecule has 48 heavy (non-hydrogen) atoms. The third-order valence-electron chi connectivity index (χ3n) is 10.9. The lowest BCUT2D eigenvalue weighted by atomic mass is 10.0. The second kappa shape index (κ2) is 32.5. The molecular formula is C42H88Br2N2O2+2. The summed E-state index contributed by atoms with van der Waals surface area (Å²) in [6.45, 7) is 6.89. The van der Waals surface area contributed by atoms with E-state index in [4.69, 9.17) is 9.47 Å². The quantitative estimate of drug-likeness (QED) is 0.0269. The lowest BCUT2D eigenvalue weighted by Gasteiger charge is -2.44. The van der Waals surface area contributed by atoms with Crippen LogP contribution in [0.5, 0.6) is 0 Å². The minimum Gasteiger partial charge on any atom is -0.371 e. The minimum absolute atomic E-state index is 0.0465. The van der Waals surface area contributed by atoms with Crippen LogP contribution in [0.2, 0.25) is 0 Å². The number of quaternary nitrogens is 2. The maximum atomic E-state index is 6.19. The second-order valence-corrected chi connectivity index (χ2v) is 18.2. The van der Waals surface area contributed by atoms with Crippen LogP contribution in [-0.4, -0.2) is 86.6 Å². The number of hydrogen-bond donors (Lipinski definition) is 0. The number of alkyl halides is 2. The van der Waals surface area contributed by atoms with Gasteiger partial charge in [-0.1, -0.05) is 168 Å². The van der Waals surface area contributed by atoms with Gasteiger partial charge in [0.2, 0.25) is 0 Å². The van der Waals surface area contributed by atoms with Crippen molar-refractivity contribution in [3.63, 3.8) is 0 Å². The van der Waals surface area contributed by atoms with Crippen LogP contribution in [0.4, 0.5) is 0 Å². The molecule has 0 spiro atoms. The van der Waals surface area contributed by atoms with E-state index >= 15 is 0 Å². The number of rotatable bonds is 37. The highest BCUT2D eigenvalue weighted by Crippen LogP contribution is 2.31. The summed E-state index contributed by atoms with van der Waals surface area (Å²) >= 11 is 8.21. The van der Waals surface area contributed by atoms with E-state index in [1.807, 2.05) is 14.2 Å². The van der Waals surface area contributed by atoms with Crippen LogP contribution in [0.15, 0.2) is 0 Å². The van der Waals surface area contributed by atoms with Crippen LogP contribution in [0, 0.1) is 0 Å². The van der Waals surface area contributed by atoms with E-state index in [-0.39, 0.29) is 22.1 Å². The molecule has 0 aromatic carbocycles. The zero-order valence-electron chi connectivity index (χ0n) is 34.0. The fraction of sp³-hybridized carbons (Fsp3) is 1.00. The van der Waals surface area contributed by atoms with Gasteiger partial charge in [0, 0.05) is 14.2 Å². The van der Waals surface area contributed by atoms with Gasteiger partial charge < -0.3 is 18.4 Å². The first-order valence-corrected chi connectivity index (χ1v) is 22.9. The standard InChI is InChI=1S/C42H88Br2N2O2/c1-9-11-13-15-17-19-21-23-25-27-29-31-33-35-37-45(3,4)41(43)39(47-7)40(48-8)42(44)46(5,6)38-36-34-32-30-28-26-24-22-20-18-16-14-12-10-2/h39-42H,9-38H2,1-8H3/q+2. The van der Waals surface area contributed by atoms with Crippen molar-refractivity contribution in [2.45, 2.75) is 216 Å². The van der Waals surface area contributed by atoms with Gasteiger partial charge in [-0.2, -0.15) is 0 Å². The van der Waals surface area contributed by atoms with Gasteiger partial charge in [-0.3, -0.25) is 0 Å². The maximum Gasteiger partial charge on any atom is 0.173 e. The Morgan fingerprint density at radius 1 is 0.354 bits per heavy atom. The maximum absolute atomic E-state index is 6.19. The SMILES string of the molecule is CCCCCCCCCCCCCCCC[N+](C)(C)C(Br)C(OC)C(OC)C(Br)[N+](C)(C)CCCCCCCCCCCCCCCC. The van der Waals surface area contributed by atoms with Crippen LogP contribution in [-0.2, 0) is 9.47 Å². The van der Waals surface area contributed by atoms with Gasteiger partial charge in [0.25, 0.3) is 0 Å². The van der Waals surface area contributed by atoms with Crippen molar-refractivity contribution in [2.24, 2.45) is 0 Å². The summed E-state index contributed by atoms with van der Waals surface area (Å²) in [6.07, 6.45) is 39.2. The Hall–Kier alpha value is 0.800. The van der Waals surface area contributed by atoms with Gasteiger partial charge in [-0.25, -0.2) is 0 Å². The molecule has 0 aromatic heterocycles. The number of likely N-dealkylation sites (N-methyl/N-ethyl adjacent to an activating group) is 2. The monoisotopic (exact) mass is 811 g/mol. The summed E-state index contributed by atoms with van der Waals surface area (Å²) in [5.74, 6) is 0. The first-order valence-electron chi connectivity index (χ1n) is 21.1. The highest BCUT2D eigenvalue weighted by atomic mass is 79.9. The van der Waals surface area contributed by atoms with E-state index in [0.717, 1.165) is 22.1 Å². The van der Waals surface area contributed by atoms with E-state index < -0.39 is 0 Å². The Labute approximate surface area is 320 Å². The van der Waals surface area contributed by atoms with Crippen molar-refractivity contribution in [1.29, 1.82) is 0 Å². The number of methoxy groups -OCH3 is 2. The van der Waals surface area contributed by atoms with Gasteiger partial charge in [-0.05, 0) is 57.5 Å². The number of unbranched alkanes of at least 4 members (excludes halogenated alkanes) is 26. The molecule has 4 atom stereocenters. The Morgan fingerprint density at radius 2 is 0.542 bits per heavy atom. The fourth-order valence-electron chi connectivity index (χ4n) is 7.28. The Bertz CT molecular complexity index is 622. The Balaban J connectivity index is 4.31. The van der Waals surface area contributed by atoms with Crippen molar-refractivity contribution in [3.05, 3.63) is 0 Å². The molecule has 0 N–H and O–H groups in total. The van der Waals surface area contributed by atoms with Crippen LogP contribution in [0.1, 0.15) is 194 Å². The van der Waals surface area contributed by atoms with Crippen molar-refractivity contribution < 1.29 is 18.4 Å². The van der Waals surface area contributed by atoms with Gasteiger partial charge >= 0.3 is 0 Å². The molecule has 0 fully saturated rings. The van der Waals surface area contributed by atoms with E-state index in [2.05, 4.69) is 73.9 Å². The van der Waals surface area contributed by atoms with Gasteiger partial charge in [-0.15, -0.1) is 0 Å². The largest absolute Gasteiger partial charge is 0.371 e. The number of hydrogen-bond acceptors (Lipinski definition) is 2. The molecule has 0 aromatic rings. The van der Waals surface area contributed by atoms with Crippen LogP contribution < -0.4 is 0 Å². The Morgan fingerprint density at radius 3 is 0.729 bits per heavy atom. The second-order valence-electron chi connectivity index (χ2n) is 16.3. The van der Waals surface area contributed by atoms with Crippen LogP contribution >= 0.6 is 31.9 Å². The lowest BCUT2D eigenvalue weighted by Crippen LogP contribution is -2.61. The summed E-state index contributed by atoms with van der Waals surface area (Å²) in [5, 5.41) is 0. The molecule has 6 heteroatoms. The first kappa shape index (κ1) is 48.8. The molecule has 0 saturated carbocycles. The molecule has 0 aliphatic rings. The van der Waals surface area contributed by atoms with Crippen molar-refractivity contribution >= 4 is 31.9 Å². The highest BCUT2D eigenvalue weighted by molar-refractivity contribution is 9.09. The normalized spacial score (nSPS) is 15.1. The van der Waals surface area contributed by atoms with Gasteiger partial charge in [0.05, 0.1) is 41.3 Å². The van der Waals surface area contributed by atoms with E-state index in [0.29, 0.717) is 0 Å². The predicted molar refractivity (Wildman–Crippen MR) is 222 cm³/mol. The average molecular weight is 813 g/mol. The molecule has 0 radical (unpaired) electrons. The zero-order valence-corrected chi connectivity index (χ0v) is 37.2. The zero-order chi connectivity index (χ0) is 35.9. The molecule has 0 amide bonds. The van der Waals surface area contributed by atoms with E-state index in [9.17, 15) is 0 Å². The predicted octanol–water partition coefficient (Wildman–Crippen LogP) is 13.6. The minimum atomic E-state index is -0.0465. The van der Waals surface area contributed by atoms with E-state index in [1.54, 1.807) is 0 Å². The molecule has 0 aliphatic carbocycles. The third-order valence-corrected chi connectivity index (χ3v) is 14.2. The fourth-order valence-corrected chi connectivity index (χ4v) is 8.72. The van der Waals surface area contributed by atoms with Crippen molar-refractivity contribution in [1.82, 2.24) is 0 Å². The van der Waals surface area contributed by atoms with Crippen LogP contribution in [0.3, 0.4) is 0 Å². The molecule has 4 nitrogen and oxygen atoms in total. The number of ether oxygens (including phenoxy) is 2. The summed E-state index contributed by atoms with van der Waals surface area (Å²) in [7, 11) is 13.1. The molecule has 4 unspecified atom stereocenters. The molecular weight excluding hydrogens is 724 g/mol. The number of nitrogens with zero attached hydrogens (tertiary/aromatic N) is 2. The third kappa shape index (κ3) is 24.9. The molecule has 290 valence electrons. The molecule has 0 aliphatic heterocycles. The molecule has 0 saturated heterocycles. The smallest absolute Gasteiger partial charge is 0.173 e. The van der Waals surface area contributed by atoms with Gasteiger partial charge in [0.1, 0.15) is 0 Å². The Kier molecular flexibility index (Phi) is 33.0. The summed E-state index contributed by atoms with van der Waals surface area (Å²) < 4.78 is 14.2. The van der Waals surface area contributed by atoms with Crippen molar-refractivity contribution in [3.8, 4) is 0 Å². The molecule has 0 heterocycles. The summed E-state index contributed by atoms with van der Waals surface area (Å²) in [4.78, 5) is 0.325. The van der Waals surface area contributed by atoms with Crippen LogP contribution in [0.25, 0.3) is 0 Å².